The van der Waals surface area contributed by atoms with Gasteiger partial charge in [0.2, 0.25) is 0 Å². The van der Waals surface area contributed by atoms with E-state index in [0.717, 1.165) is 19.4 Å². The molecule has 0 radical (unpaired) electrons. The van der Waals surface area contributed by atoms with E-state index in [-0.39, 0.29) is 11.4 Å². The highest BCUT2D eigenvalue weighted by molar-refractivity contribution is 6.29. The van der Waals surface area contributed by atoms with Crippen molar-refractivity contribution in [2.75, 3.05) is 11.9 Å². The molecule has 1 heterocycles. The lowest BCUT2D eigenvalue weighted by atomic mass is 9.98. The molecule has 1 aromatic rings. The van der Waals surface area contributed by atoms with Gasteiger partial charge in [0.1, 0.15) is 11.0 Å². The van der Waals surface area contributed by atoms with Crippen LogP contribution in [0.1, 0.15) is 50.9 Å². The lowest BCUT2D eigenvalue weighted by Gasteiger charge is -2.25. The van der Waals surface area contributed by atoms with Gasteiger partial charge in [-0.3, -0.25) is 4.79 Å². The molecule has 0 saturated carbocycles. The highest BCUT2D eigenvalue weighted by atomic mass is 35.5. The van der Waals surface area contributed by atoms with E-state index in [0.29, 0.717) is 16.5 Å². The van der Waals surface area contributed by atoms with Gasteiger partial charge in [0.25, 0.3) is 5.91 Å². The Morgan fingerprint density at radius 1 is 1.37 bits per heavy atom. The van der Waals surface area contributed by atoms with Crippen molar-refractivity contribution in [1.29, 1.82) is 0 Å². The highest BCUT2D eigenvalue weighted by Crippen LogP contribution is 2.17. The Labute approximate surface area is 120 Å². The molecule has 0 aliphatic rings. The number of pyridine rings is 1. The summed E-state index contributed by atoms with van der Waals surface area (Å²) in [6.45, 7) is 8.83. The second-order valence-corrected chi connectivity index (χ2v) is 5.57. The van der Waals surface area contributed by atoms with Gasteiger partial charge >= 0.3 is 0 Å². The number of carbonyl (C=O) groups is 1. The monoisotopic (exact) mass is 283 g/mol. The molecule has 0 aromatic carbocycles. The largest absolute Gasteiger partial charge is 0.370 e. The van der Waals surface area contributed by atoms with Gasteiger partial charge in [-0.15, -0.1) is 0 Å². The molecule has 0 saturated heterocycles. The first kappa shape index (κ1) is 15.8. The van der Waals surface area contributed by atoms with Crippen LogP contribution in [0.3, 0.4) is 0 Å². The van der Waals surface area contributed by atoms with Crippen molar-refractivity contribution in [3.63, 3.8) is 0 Å². The van der Waals surface area contributed by atoms with Crippen LogP contribution >= 0.6 is 11.6 Å². The number of amides is 1. The molecule has 0 fully saturated rings. The van der Waals surface area contributed by atoms with Crippen molar-refractivity contribution in [1.82, 2.24) is 10.3 Å². The van der Waals surface area contributed by atoms with Gasteiger partial charge in [0.15, 0.2) is 0 Å². The molecule has 0 aliphatic carbocycles. The fourth-order valence-electron chi connectivity index (χ4n) is 1.97. The zero-order valence-electron chi connectivity index (χ0n) is 12.0. The number of rotatable bonds is 6. The third kappa shape index (κ3) is 5.07. The van der Waals surface area contributed by atoms with Crippen LogP contribution in [0.5, 0.6) is 0 Å². The normalized spacial score (nSPS) is 11.2. The van der Waals surface area contributed by atoms with E-state index >= 15 is 0 Å². The first-order valence-corrected chi connectivity index (χ1v) is 6.99. The lowest BCUT2D eigenvalue weighted by Crippen LogP contribution is -2.43. The van der Waals surface area contributed by atoms with Crippen LogP contribution in [0, 0.1) is 0 Å². The Morgan fingerprint density at radius 2 is 2.05 bits per heavy atom. The lowest BCUT2D eigenvalue weighted by molar-refractivity contribution is 0.0909. The zero-order chi connectivity index (χ0) is 14.5. The Morgan fingerprint density at radius 3 is 2.63 bits per heavy atom. The molecule has 4 nitrogen and oxygen atoms in total. The molecule has 5 heteroatoms. The number of nitrogens with zero attached hydrogens (tertiary/aromatic N) is 1. The van der Waals surface area contributed by atoms with E-state index in [4.69, 9.17) is 11.6 Å². The molecule has 0 unspecified atom stereocenters. The predicted molar refractivity (Wildman–Crippen MR) is 79.9 cm³/mol. The van der Waals surface area contributed by atoms with E-state index in [1.54, 1.807) is 12.1 Å². The SMILES string of the molecule is CCCC(C)(C)NC(=O)c1cc(Cl)nc(NCC)c1. The van der Waals surface area contributed by atoms with E-state index in [2.05, 4.69) is 22.5 Å². The molecule has 2 N–H and O–H groups in total. The van der Waals surface area contributed by atoms with Crippen LogP contribution in [0.25, 0.3) is 0 Å². The van der Waals surface area contributed by atoms with Crippen LogP contribution in [-0.4, -0.2) is 23.0 Å². The number of halogens is 1. The van der Waals surface area contributed by atoms with Crippen molar-refractivity contribution >= 4 is 23.3 Å². The van der Waals surface area contributed by atoms with Crippen molar-refractivity contribution in [2.24, 2.45) is 0 Å². The summed E-state index contributed by atoms with van der Waals surface area (Å²) < 4.78 is 0. The van der Waals surface area contributed by atoms with Gasteiger partial charge in [0, 0.05) is 17.6 Å². The third-order valence-electron chi connectivity index (χ3n) is 2.74. The van der Waals surface area contributed by atoms with Crippen molar-refractivity contribution in [2.45, 2.75) is 46.1 Å². The highest BCUT2D eigenvalue weighted by Gasteiger charge is 2.20. The van der Waals surface area contributed by atoms with Gasteiger partial charge in [-0.1, -0.05) is 24.9 Å². The summed E-state index contributed by atoms with van der Waals surface area (Å²) in [6.07, 6.45) is 1.95. The molecule has 1 amide bonds. The minimum absolute atomic E-state index is 0.123. The van der Waals surface area contributed by atoms with Crippen molar-refractivity contribution in [3.8, 4) is 0 Å². The number of hydrogen-bond donors (Lipinski definition) is 2. The average molecular weight is 284 g/mol. The molecule has 0 atom stereocenters. The molecule has 19 heavy (non-hydrogen) atoms. The Balaban J connectivity index is 2.87. The molecule has 0 bridgehead atoms. The molecule has 1 rings (SSSR count). The Bertz CT molecular complexity index is 446. The van der Waals surface area contributed by atoms with Gasteiger partial charge in [0.05, 0.1) is 0 Å². The fraction of sp³-hybridized carbons (Fsp3) is 0.571. The summed E-state index contributed by atoms with van der Waals surface area (Å²) in [4.78, 5) is 16.3. The number of carbonyl (C=O) groups excluding carboxylic acids is 1. The number of anilines is 1. The van der Waals surface area contributed by atoms with Crippen LogP contribution in [0.2, 0.25) is 5.15 Å². The molecular weight excluding hydrogens is 262 g/mol. The van der Waals surface area contributed by atoms with E-state index in [1.165, 1.54) is 0 Å². The zero-order valence-corrected chi connectivity index (χ0v) is 12.8. The van der Waals surface area contributed by atoms with Crippen LogP contribution in [0.15, 0.2) is 12.1 Å². The fourth-order valence-corrected chi connectivity index (χ4v) is 2.18. The molecule has 1 aromatic heterocycles. The molecule has 0 spiro atoms. The first-order valence-electron chi connectivity index (χ1n) is 6.62. The van der Waals surface area contributed by atoms with Crippen molar-refractivity contribution in [3.05, 3.63) is 22.8 Å². The number of hydrogen-bond acceptors (Lipinski definition) is 3. The summed E-state index contributed by atoms with van der Waals surface area (Å²) in [6, 6.07) is 3.30. The van der Waals surface area contributed by atoms with Crippen LogP contribution < -0.4 is 10.6 Å². The molecular formula is C14H22ClN3O. The van der Waals surface area contributed by atoms with Gasteiger partial charge in [-0.05, 0) is 39.3 Å². The Kier molecular flexibility index (Phi) is 5.60. The predicted octanol–water partition coefficient (Wildman–Crippen LogP) is 3.48. The second kappa shape index (κ2) is 6.75. The number of nitrogens with one attached hydrogen (secondary N) is 2. The minimum Gasteiger partial charge on any atom is -0.370 e. The van der Waals surface area contributed by atoms with Crippen molar-refractivity contribution < 1.29 is 4.79 Å². The quantitative estimate of drug-likeness (QED) is 0.786. The molecule has 0 aliphatic heterocycles. The Hall–Kier alpha value is -1.29. The van der Waals surface area contributed by atoms with Gasteiger partial charge in [-0.25, -0.2) is 4.98 Å². The van der Waals surface area contributed by atoms with E-state index in [9.17, 15) is 4.79 Å². The third-order valence-corrected chi connectivity index (χ3v) is 2.93. The summed E-state index contributed by atoms with van der Waals surface area (Å²) in [5, 5.41) is 6.39. The number of aromatic nitrogens is 1. The maximum Gasteiger partial charge on any atom is 0.251 e. The maximum absolute atomic E-state index is 12.2. The summed E-state index contributed by atoms with van der Waals surface area (Å²) in [7, 11) is 0. The maximum atomic E-state index is 12.2. The van der Waals surface area contributed by atoms with Crippen LogP contribution in [0.4, 0.5) is 5.82 Å². The standard InChI is InChI=1S/C14H22ClN3O/c1-5-7-14(3,4)18-13(19)10-8-11(15)17-12(9-10)16-6-2/h8-9H,5-7H2,1-4H3,(H,16,17)(H,18,19). The van der Waals surface area contributed by atoms with E-state index < -0.39 is 0 Å². The average Bonchev–Trinajstić information content (AvgIpc) is 2.27. The first-order chi connectivity index (χ1) is 8.88. The summed E-state index contributed by atoms with van der Waals surface area (Å²) >= 11 is 5.93. The van der Waals surface area contributed by atoms with E-state index in [1.807, 2.05) is 20.8 Å². The second-order valence-electron chi connectivity index (χ2n) is 5.18. The smallest absolute Gasteiger partial charge is 0.251 e. The van der Waals surface area contributed by atoms with Gasteiger partial charge < -0.3 is 10.6 Å². The summed E-state index contributed by atoms with van der Waals surface area (Å²) in [5.41, 5.74) is 0.306. The topological polar surface area (TPSA) is 54.0 Å². The van der Waals surface area contributed by atoms with Gasteiger partial charge in [-0.2, -0.15) is 0 Å². The van der Waals surface area contributed by atoms with Crippen LogP contribution in [-0.2, 0) is 0 Å². The summed E-state index contributed by atoms with van der Waals surface area (Å²) in [5.74, 6) is 0.496. The minimum atomic E-state index is -0.222. The molecule has 106 valence electrons.